The highest BCUT2D eigenvalue weighted by Crippen LogP contribution is 2.35. The Labute approximate surface area is 126 Å². The summed E-state index contributed by atoms with van der Waals surface area (Å²) in [6.45, 7) is 2.24. The normalized spacial score (nSPS) is 25.7. The van der Waals surface area contributed by atoms with Crippen molar-refractivity contribution in [2.45, 2.75) is 37.9 Å². The number of allylic oxidation sites excluding steroid dienone is 1. The summed E-state index contributed by atoms with van der Waals surface area (Å²) >= 11 is 0. The Morgan fingerprint density at radius 3 is 2.67 bits per heavy atom. The van der Waals surface area contributed by atoms with Crippen molar-refractivity contribution in [2.75, 3.05) is 6.54 Å². The molecule has 2 heterocycles. The Morgan fingerprint density at radius 1 is 0.952 bits per heavy atom. The maximum absolute atomic E-state index is 2.69. The van der Waals surface area contributed by atoms with Crippen molar-refractivity contribution in [2.24, 2.45) is 0 Å². The zero-order chi connectivity index (χ0) is 14.1. The van der Waals surface area contributed by atoms with Crippen molar-refractivity contribution in [1.29, 1.82) is 0 Å². The summed E-state index contributed by atoms with van der Waals surface area (Å²) in [5.74, 6) is 0. The SMILES string of the molecule is C1=CC(N2CCn3cccc3C2c2ccccc2)CCC1. The highest BCUT2D eigenvalue weighted by atomic mass is 15.3. The van der Waals surface area contributed by atoms with Crippen LogP contribution in [0.25, 0.3) is 0 Å². The van der Waals surface area contributed by atoms with Crippen molar-refractivity contribution in [3.8, 4) is 0 Å². The molecule has 2 heteroatoms. The zero-order valence-corrected chi connectivity index (χ0v) is 12.4. The van der Waals surface area contributed by atoms with Crippen LogP contribution >= 0.6 is 0 Å². The van der Waals surface area contributed by atoms with Gasteiger partial charge in [-0.15, -0.1) is 0 Å². The van der Waals surface area contributed by atoms with Gasteiger partial charge in [-0.05, 0) is 37.0 Å². The molecule has 2 nitrogen and oxygen atoms in total. The van der Waals surface area contributed by atoms with Crippen LogP contribution in [0.1, 0.15) is 36.6 Å². The van der Waals surface area contributed by atoms with Crippen LogP contribution in [0, 0.1) is 0 Å². The molecule has 21 heavy (non-hydrogen) atoms. The predicted molar refractivity (Wildman–Crippen MR) is 86.2 cm³/mol. The highest BCUT2D eigenvalue weighted by molar-refractivity contribution is 5.31. The van der Waals surface area contributed by atoms with E-state index in [1.54, 1.807) is 0 Å². The average Bonchev–Trinajstić information content (AvgIpc) is 3.04. The van der Waals surface area contributed by atoms with Crippen molar-refractivity contribution < 1.29 is 0 Å². The second kappa shape index (κ2) is 5.53. The molecule has 108 valence electrons. The fraction of sp³-hybridized carbons (Fsp3) is 0.368. The number of nitrogens with zero attached hydrogens (tertiary/aromatic N) is 2. The van der Waals surface area contributed by atoms with Crippen molar-refractivity contribution in [3.05, 3.63) is 72.1 Å². The smallest absolute Gasteiger partial charge is 0.0761 e. The molecule has 1 aromatic heterocycles. The van der Waals surface area contributed by atoms with Crippen molar-refractivity contribution >= 4 is 0 Å². The minimum Gasteiger partial charge on any atom is -0.348 e. The standard InChI is InChI=1S/C19H22N2/c1-3-8-16(9-4-1)19-18-12-7-13-20(18)14-15-21(19)17-10-5-2-6-11-17/h1,3-5,7-10,12-13,17,19H,2,6,11,14-15H2. The van der Waals surface area contributed by atoms with Crippen LogP contribution in [0.3, 0.4) is 0 Å². The Hall–Kier alpha value is -1.80. The van der Waals surface area contributed by atoms with E-state index in [9.17, 15) is 0 Å². The van der Waals surface area contributed by atoms with E-state index in [0.717, 1.165) is 13.1 Å². The van der Waals surface area contributed by atoms with Gasteiger partial charge in [0.25, 0.3) is 0 Å². The second-order valence-corrected chi connectivity index (χ2v) is 6.10. The first-order valence-corrected chi connectivity index (χ1v) is 8.06. The number of rotatable bonds is 2. The third-order valence-corrected chi connectivity index (χ3v) is 4.85. The van der Waals surface area contributed by atoms with Gasteiger partial charge in [-0.3, -0.25) is 4.90 Å². The number of hydrogen-bond donors (Lipinski definition) is 0. The van der Waals surface area contributed by atoms with Crippen molar-refractivity contribution in [1.82, 2.24) is 9.47 Å². The summed E-state index contributed by atoms with van der Waals surface area (Å²) < 4.78 is 2.42. The van der Waals surface area contributed by atoms with E-state index in [2.05, 4.69) is 70.3 Å². The molecule has 0 fully saturated rings. The summed E-state index contributed by atoms with van der Waals surface area (Å²) in [5, 5.41) is 0. The van der Waals surface area contributed by atoms with Gasteiger partial charge < -0.3 is 4.57 Å². The highest BCUT2D eigenvalue weighted by Gasteiger charge is 2.32. The summed E-state index contributed by atoms with van der Waals surface area (Å²) in [6, 6.07) is 16.4. The molecular weight excluding hydrogens is 256 g/mol. The number of benzene rings is 1. The molecule has 0 saturated heterocycles. The molecule has 0 amide bonds. The van der Waals surface area contributed by atoms with Crippen LogP contribution in [0.2, 0.25) is 0 Å². The van der Waals surface area contributed by atoms with Gasteiger partial charge in [-0.2, -0.15) is 0 Å². The van der Waals surface area contributed by atoms with Gasteiger partial charge in [-0.25, -0.2) is 0 Å². The lowest BCUT2D eigenvalue weighted by molar-refractivity contribution is 0.138. The Morgan fingerprint density at radius 2 is 1.86 bits per heavy atom. The van der Waals surface area contributed by atoms with Gasteiger partial charge in [0.15, 0.2) is 0 Å². The third-order valence-electron chi connectivity index (χ3n) is 4.85. The first-order valence-electron chi connectivity index (χ1n) is 8.06. The monoisotopic (exact) mass is 278 g/mol. The molecule has 0 bridgehead atoms. The topological polar surface area (TPSA) is 8.17 Å². The lowest BCUT2D eigenvalue weighted by atomic mass is 9.94. The molecule has 0 spiro atoms. The Kier molecular flexibility index (Phi) is 3.40. The Bertz CT molecular complexity index is 626. The lowest BCUT2D eigenvalue weighted by Crippen LogP contribution is -2.44. The van der Waals surface area contributed by atoms with Crippen LogP contribution in [-0.4, -0.2) is 22.1 Å². The summed E-state index contributed by atoms with van der Waals surface area (Å²) in [5.41, 5.74) is 2.85. The van der Waals surface area contributed by atoms with Crippen LogP contribution in [0.5, 0.6) is 0 Å². The summed E-state index contributed by atoms with van der Waals surface area (Å²) in [4.78, 5) is 2.69. The molecule has 2 unspecified atom stereocenters. The number of aromatic nitrogens is 1. The quantitative estimate of drug-likeness (QED) is 0.754. The largest absolute Gasteiger partial charge is 0.348 e. The molecule has 2 atom stereocenters. The second-order valence-electron chi connectivity index (χ2n) is 6.10. The molecule has 1 aliphatic heterocycles. The summed E-state index contributed by atoms with van der Waals surface area (Å²) in [7, 11) is 0. The molecule has 2 aromatic rings. The van der Waals surface area contributed by atoms with Crippen molar-refractivity contribution in [3.63, 3.8) is 0 Å². The van der Waals surface area contributed by atoms with Crippen LogP contribution in [0.4, 0.5) is 0 Å². The van der Waals surface area contributed by atoms with Crippen LogP contribution in [-0.2, 0) is 6.54 Å². The fourth-order valence-corrected chi connectivity index (χ4v) is 3.83. The van der Waals surface area contributed by atoms with E-state index in [1.165, 1.54) is 30.5 Å². The molecule has 1 aromatic carbocycles. The predicted octanol–water partition coefficient (Wildman–Crippen LogP) is 4.00. The number of hydrogen-bond acceptors (Lipinski definition) is 1. The first kappa shape index (κ1) is 12.9. The van der Waals surface area contributed by atoms with E-state index < -0.39 is 0 Å². The van der Waals surface area contributed by atoms with Crippen LogP contribution in [0.15, 0.2) is 60.8 Å². The molecule has 0 radical (unpaired) electrons. The fourth-order valence-electron chi connectivity index (χ4n) is 3.83. The third kappa shape index (κ3) is 2.34. The molecule has 1 aliphatic carbocycles. The Balaban J connectivity index is 1.76. The molecule has 4 rings (SSSR count). The van der Waals surface area contributed by atoms with Gasteiger partial charge in [0.1, 0.15) is 0 Å². The van der Waals surface area contributed by atoms with E-state index in [0.29, 0.717) is 12.1 Å². The van der Waals surface area contributed by atoms with E-state index in [4.69, 9.17) is 0 Å². The van der Waals surface area contributed by atoms with Gasteiger partial charge in [0.2, 0.25) is 0 Å². The molecule has 0 N–H and O–H groups in total. The molecule has 2 aliphatic rings. The van der Waals surface area contributed by atoms with E-state index in [1.807, 2.05) is 0 Å². The molecule has 0 saturated carbocycles. The minimum atomic E-state index is 0.391. The maximum atomic E-state index is 2.69. The first-order chi connectivity index (χ1) is 10.4. The van der Waals surface area contributed by atoms with E-state index >= 15 is 0 Å². The zero-order valence-electron chi connectivity index (χ0n) is 12.4. The van der Waals surface area contributed by atoms with Crippen LogP contribution < -0.4 is 0 Å². The summed E-state index contributed by atoms with van der Waals surface area (Å²) in [6.07, 6.45) is 10.9. The van der Waals surface area contributed by atoms with Gasteiger partial charge in [-0.1, -0.05) is 42.5 Å². The lowest BCUT2D eigenvalue weighted by Gasteiger charge is -2.42. The van der Waals surface area contributed by atoms with E-state index in [-0.39, 0.29) is 0 Å². The van der Waals surface area contributed by atoms with Gasteiger partial charge in [0, 0.05) is 31.0 Å². The van der Waals surface area contributed by atoms with Gasteiger partial charge in [0.05, 0.1) is 6.04 Å². The van der Waals surface area contributed by atoms with Gasteiger partial charge >= 0.3 is 0 Å². The average molecular weight is 278 g/mol. The number of fused-ring (bicyclic) bond motifs is 1. The minimum absolute atomic E-state index is 0.391. The maximum Gasteiger partial charge on any atom is 0.0761 e. The molecular formula is C19H22N2.